The first-order valence-corrected chi connectivity index (χ1v) is 7.12. The average molecular weight is 273 g/mol. The molecule has 4 nitrogen and oxygen atoms in total. The zero-order chi connectivity index (χ0) is 14.5. The van der Waals surface area contributed by atoms with Crippen molar-refractivity contribution in [3.05, 3.63) is 41.2 Å². The first-order valence-electron chi connectivity index (χ1n) is 7.12. The quantitative estimate of drug-likeness (QED) is 0.836. The van der Waals surface area contributed by atoms with Crippen LogP contribution in [0.25, 0.3) is 0 Å². The largest absolute Gasteiger partial charge is 0.494 e. The summed E-state index contributed by atoms with van der Waals surface area (Å²) in [5, 5.41) is 10.7. The molecule has 0 bridgehead atoms. The van der Waals surface area contributed by atoms with Crippen molar-refractivity contribution in [3.63, 3.8) is 0 Å². The van der Waals surface area contributed by atoms with Crippen LogP contribution in [0.1, 0.15) is 43.3 Å². The highest BCUT2D eigenvalue weighted by Crippen LogP contribution is 2.24. The van der Waals surface area contributed by atoms with Crippen molar-refractivity contribution in [2.75, 3.05) is 11.9 Å². The van der Waals surface area contributed by atoms with Gasteiger partial charge in [-0.2, -0.15) is 5.10 Å². The Morgan fingerprint density at radius 2 is 1.95 bits per heavy atom. The van der Waals surface area contributed by atoms with Crippen LogP contribution in [0.5, 0.6) is 5.75 Å². The van der Waals surface area contributed by atoms with Crippen molar-refractivity contribution >= 4 is 5.69 Å². The second-order valence-electron chi connectivity index (χ2n) is 5.09. The Bertz CT molecular complexity index is 526. The molecule has 20 heavy (non-hydrogen) atoms. The van der Waals surface area contributed by atoms with Crippen LogP contribution in [0.2, 0.25) is 0 Å². The van der Waals surface area contributed by atoms with Crippen LogP contribution in [-0.2, 0) is 0 Å². The van der Waals surface area contributed by atoms with E-state index < -0.39 is 0 Å². The maximum atomic E-state index is 5.60. The molecule has 1 aromatic heterocycles. The SMILES string of the molecule is CCCOc1ccc(C(C)Nc2c(C)n[nH]c2C)cc1. The zero-order valence-electron chi connectivity index (χ0n) is 12.7. The Morgan fingerprint density at radius 1 is 1.25 bits per heavy atom. The summed E-state index contributed by atoms with van der Waals surface area (Å²) in [5.74, 6) is 0.929. The molecular weight excluding hydrogens is 250 g/mol. The molecule has 1 aromatic carbocycles. The third-order valence-electron chi connectivity index (χ3n) is 3.34. The van der Waals surface area contributed by atoms with Gasteiger partial charge in [0.05, 0.1) is 23.7 Å². The number of anilines is 1. The summed E-state index contributed by atoms with van der Waals surface area (Å²) in [6.45, 7) is 9.04. The van der Waals surface area contributed by atoms with Crippen molar-refractivity contribution in [2.45, 2.75) is 40.2 Å². The zero-order valence-corrected chi connectivity index (χ0v) is 12.7. The van der Waals surface area contributed by atoms with E-state index in [1.807, 2.05) is 26.0 Å². The number of aromatic nitrogens is 2. The number of rotatable bonds is 6. The maximum absolute atomic E-state index is 5.60. The number of nitrogens with one attached hydrogen (secondary N) is 2. The monoisotopic (exact) mass is 273 g/mol. The van der Waals surface area contributed by atoms with Crippen molar-refractivity contribution in [1.82, 2.24) is 10.2 Å². The van der Waals surface area contributed by atoms with E-state index in [0.29, 0.717) is 0 Å². The molecule has 0 spiro atoms. The second-order valence-corrected chi connectivity index (χ2v) is 5.09. The molecule has 0 fully saturated rings. The molecule has 0 aliphatic heterocycles. The van der Waals surface area contributed by atoms with Gasteiger partial charge in [-0.3, -0.25) is 5.10 Å². The summed E-state index contributed by atoms with van der Waals surface area (Å²) in [4.78, 5) is 0. The van der Waals surface area contributed by atoms with Crippen molar-refractivity contribution in [2.24, 2.45) is 0 Å². The molecule has 0 aliphatic rings. The van der Waals surface area contributed by atoms with Crippen LogP contribution in [0.3, 0.4) is 0 Å². The van der Waals surface area contributed by atoms with E-state index in [0.717, 1.165) is 35.9 Å². The van der Waals surface area contributed by atoms with Gasteiger partial charge in [-0.25, -0.2) is 0 Å². The molecule has 0 saturated carbocycles. The van der Waals surface area contributed by atoms with Crippen LogP contribution in [-0.4, -0.2) is 16.8 Å². The molecule has 2 N–H and O–H groups in total. The Labute approximate surface area is 120 Å². The highest BCUT2D eigenvalue weighted by Gasteiger charge is 2.11. The lowest BCUT2D eigenvalue weighted by Gasteiger charge is -2.16. The lowest BCUT2D eigenvalue weighted by molar-refractivity contribution is 0.317. The van der Waals surface area contributed by atoms with Crippen LogP contribution in [0.15, 0.2) is 24.3 Å². The summed E-state index contributed by atoms with van der Waals surface area (Å²) in [5.41, 5.74) is 4.38. The van der Waals surface area contributed by atoms with Gasteiger partial charge in [0, 0.05) is 6.04 Å². The van der Waals surface area contributed by atoms with Gasteiger partial charge in [0.15, 0.2) is 0 Å². The van der Waals surface area contributed by atoms with E-state index in [4.69, 9.17) is 4.74 Å². The molecular formula is C16H23N3O. The van der Waals surface area contributed by atoms with E-state index in [1.54, 1.807) is 0 Å². The van der Waals surface area contributed by atoms with Gasteiger partial charge < -0.3 is 10.1 Å². The predicted molar refractivity (Wildman–Crippen MR) is 82.3 cm³/mol. The Balaban J connectivity index is 2.04. The normalized spacial score (nSPS) is 12.2. The fraction of sp³-hybridized carbons (Fsp3) is 0.438. The Morgan fingerprint density at radius 3 is 2.50 bits per heavy atom. The molecule has 2 rings (SSSR count). The first kappa shape index (κ1) is 14.4. The highest BCUT2D eigenvalue weighted by atomic mass is 16.5. The number of H-pyrrole nitrogens is 1. The summed E-state index contributed by atoms with van der Waals surface area (Å²) in [7, 11) is 0. The number of aromatic amines is 1. The summed E-state index contributed by atoms with van der Waals surface area (Å²) in [6, 6.07) is 8.49. The number of nitrogens with zero attached hydrogens (tertiary/aromatic N) is 1. The molecule has 0 aliphatic carbocycles. The minimum atomic E-state index is 0.227. The molecule has 0 amide bonds. The maximum Gasteiger partial charge on any atom is 0.119 e. The molecule has 1 atom stereocenters. The van der Waals surface area contributed by atoms with E-state index in [9.17, 15) is 0 Å². The van der Waals surface area contributed by atoms with Gasteiger partial charge in [-0.05, 0) is 44.9 Å². The molecule has 108 valence electrons. The Kier molecular flexibility index (Phi) is 4.66. The molecule has 0 saturated heterocycles. The average Bonchev–Trinajstić information content (AvgIpc) is 2.77. The first-order chi connectivity index (χ1) is 9.61. The number of hydrogen-bond donors (Lipinski definition) is 2. The van der Waals surface area contributed by atoms with Gasteiger partial charge in [0.25, 0.3) is 0 Å². The number of benzene rings is 1. The van der Waals surface area contributed by atoms with Crippen molar-refractivity contribution in [1.29, 1.82) is 0 Å². The lowest BCUT2D eigenvalue weighted by atomic mass is 10.1. The topological polar surface area (TPSA) is 49.9 Å². The molecule has 2 aromatic rings. The van der Waals surface area contributed by atoms with E-state index in [-0.39, 0.29) is 6.04 Å². The standard InChI is InChI=1S/C16H23N3O/c1-5-10-20-15-8-6-14(7-9-15)11(2)17-16-12(3)18-19-13(16)4/h6-9,11,17H,5,10H2,1-4H3,(H,18,19). The highest BCUT2D eigenvalue weighted by molar-refractivity contribution is 5.53. The summed E-state index contributed by atoms with van der Waals surface area (Å²) < 4.78 is 5.60. The smallest absolute Gasteiger partial charge is 0.119 e. The third kappa shape index (κ3) is 3.32. The molecule has 4 heteroatoms. The minimum Gasteiger partial charge on any atom is -0.494 e. The fourth-order valence-corrected chi connectivity index (χ4v) is 2.14. The number of ether oxygens (including phenoxy) is 1. The minimum absolute atomic E-state index is 0.227. The van der Waals surface area contributed by atoms with Gasteiger partial charge in [-0.1, -0.05) is 19.1 Å². The molecule has 1 heterocycles. The van der Waals surface area contributed by atoms with Gasteiger partial charge in [-0.15, -0.1) is 0 Å². The fourth-order valence-electron chi connectivity index (χ4n) is 2.14. The van der Waals surface area contributed by atoms with E-state index in [1.165, 1.54) is 5.56 Å². The summed E-state index contributed by atoms with van der Waals surface area (Å²) in [6.07, 6.45) is 1.03. The Hall–Kier alpha value is -1.97. The van der Waals surface area contributed by atoms with Crippen LogP contribution >= 0.6 is 0 Å². The predicted octanol–water partition coefficient (Wildman–Crippen LogP) is 3.99. The molecule has 0 radical (unpaired) electrons. The van der Waals surface area contributed by atoms with Gasteiger partial charge >= 0.3 is 0 Å². The van der Waals surface area contributed by atoms with Crippen LogP contribution < -0.4 is 10.1 Å². The van der Waals surface area contributed by atoms with Crippen LogP contribution in [0.4, 0.5) is 5.69 Å². The number of aryl methyl sites for hydroxylation is 2. The van der Waals surface area contributed by atoms with Crippen LogP contribution in [0, 0.1) is 13.8 Å². The van der Waals surface area contributed by atoms with Gasteiger partial charge in [0.1, 0.15) is 5.75 Å². The van der Waals surface area contributed by atoms with Crippen molar-refractivity contribution < 1.29 is 4.74 Å². The second kappa shape index (κ2) is 6.46. The number of hydrogen-bond acceptors (Lipinski definition) is 3. The van der Waals surface area contributed by atoms with Gasteiger partial charge in [0.2, 0.25) is 0 Å². The summed E-state index contributed by atoms with van der Waals surface area (Å²) >= 11 is 0. The molecule has 1 unspecified atom stereocenters. The third-order valence-corrected chi connectivity index (χ3v) is 3.34. The van der Waals surface area contributed by atoms with Crippen molar-refractivity contribution in [3.8, 4) is 5.75 Å². The van der Waals surface area contributed by atoms with E-state index in [2.05, 4.69) is 41.5 Å². The lowest BCUT2D eigenvalue weighted by Crippen LogP contribution is -2.08. The van der Waals surface area contributed by atoms with E-state index >= 15 is 0 Å².